The Kier molecular flexibility index (Phi) is 7.61. The maximum atomic E-state index is 13.5. The predicted octanol–water partition coefficient (Wildman–Crippen LogP) is 5.44. The van der Waals surface area contributed by atoms with Crippen LogP contribution in [0.15, 0.2) is 12.1 Å². The lowest BCUT2D eigenvalue weighted by molar-refractivity contribution is -0.222. The van der Waals surface area contributed by atoms with Crippen molar-refractivity contribution in [1.82, 2.24) is 4.90 Å². The lowest BCUT2D eigenvalue weighted by Crippen LogP contribution is -2.57. The number of alkyl halides is 3. The SMILES string of the molecule is Cc1c(NC(=O)N2CC[C@@H](O[Si](C)(C)C(C)(C)C)[C@H]2[C@@H](O)C(F)(F)F)ccc(C#N)c1Cl. The van der Waals surface area contributed by atoms with E-state index in [0.717, 1.165) is 4.90 Å². The fourth-order valence-electron chi connectivity index (χ4n) is 3.37. The number of nitrogens with one attached hydrogen (secondary N) is 1. The van der Waals surface area contributed by atoms with Crippen LogP contribution < -0.4 is 5.32 Å². The van der Waals surface area contributed by atoms with Gasteiger partial charge in [0.1, 0.15) is 6.07 Å². The number of nitriles is 1. The van der Waals surface area contributed by atoms with Gasteiger partial charge in [-0.3, -0.25) is 0 Å². The number of anilines is 1. The first-order valence-electron chi connectivity index (χ1n) is 10.2. The number of carbonyl (C=O) groups excluding carboxylic acids is 1. The lowest BCUT2D eigenvalue weighted by atomic mass is 10.1. The van der Waals surface area contributed by atoms with Crippen molar-refractivity contribution in [2.45, 2.75) is 76.7 Å². The van der Waals surface area contributed by atoms with Crippen LogP contribution in [0.4, 0.5) is 23.7 Å². The molecule has 2 N–H and O–H groups in total. The highest BCUT2D eigenvalue weighted by atomic mass is 35.5. The molecule has 6 nitrogen and oxygen atoms in total. The molecule has 2 amide bonds. The van der Waals surface area contributed by atoms with Crippen molar-refractivity contribution >= 4 is 31.6 Å². The van der Waals surface area contributed by atoms with Crippen LogP contribution in [0.2, 0.25) is 23.2 Å². The fourth-order valence-corrected chi connectivity index (χ4v) is 4.94. The molecule has 1 aromatic rings. The van der Waals surface area contributed by atoms with Crippen LogP contribution in [0.3, 0.4) is 0 Å². The van der Waals surface area contributed by atoms with Gasteiger partial charge in [-0.1, -0.05) is 32.4 Å². The molecule has 3 atom stereocenters. The Hall–Kier alpha value is -1.80. The van der Waals surface area contributed by atoms with Gasteiger partial charge in [-0.05, 0) is 49.2 Å². The molecule has 32 heavy (non-hydrogen) atoms. The van der Waals surface area contributed by atoms with Crippen molar-refractivity contribution in [3.05, 3.63) is 28.3 Å². The molecular weight excluding hydrogens is 463 g/mol. The molecular formula is C21H29ClF3N3O3Si. The minimum absolute atomic E-state index is 0.00795. The summed E-state index contributed by atoms with van der Waals surface area (Å²) < 4.78 is 46.7. The molecule has 2 rings (SSSR count). The Bertz CT molecular complexity index is 913. The Morgan fingerprint density at radius 2 is 1.97 bits per heavy atom. The summed E-state index contributed by atoms with van der Waals surface area (Å²) in [5.41, 5.74) is 0.907. The van der Waals surface area contributed by atoms with Crippen molar-refractivity contribution in [3.8, 4) is 6.07 Å². The summed E-state index contributed by atoms with van der Waals surface area (Å²) in [5.74, 6) is 0. The van der Waals surface area contributed by atoms with Gasteiger partial charge in [0.25, 0.3) is 0 Å². The van der Waals surface area contributed by atoms with Gasteiger partial charge >= 0.3 is 12.2 Å². The molecule has 0 bridgehead atoms. The van der Waals surface area contributed by atoms with E-state index >= 15 is 0 Å². The van der Waals surface area contributed by atoms with E-state index in [1.165, 1.54) is 12.1 Å². The highest BCUT2D eigenvalue weighted by Gasteiger charge is 2.54. The maximum absolute atomic E-state index is 13.5. The van der Waals surface area contributed by atoms with Gasteiger partial charge in [-0.2, -0.15) is 18.4 Å². The molecule has 1 aromatic carbocycles. The molecule has 0 aromatic heterocycles. The van der Waals surface area contributed by atoms with E-state index in [4.69, 9.17) is 21.3 Å². The molecule has 1 aliphatic rings. The quantitative estimate of drug-likeness (QED) is 0.549. The molecule has 0 spiro atoms. The maximum Gasteiger partial charge on any atom is 0.416 e. The second-order valence-corrected chi connectivity index (χ2v) is 14.7. The summed E-state index contributed by atoms with van der Waals surface area (Å²) in [6.07, 6.45) is -8.46. The van der Waals surface area contributed by atoms with E-state index < -0.39 is 38.8 Å². The normalized spacial score (nSPS) is 20.8. The second kappa shape index (κ2) is 9.21. The van der Waals surface area contributed by atoms with E-state index in [1.807, 2.05) is 39.9 Å². The van der Waals surface area contributed by atoms with E-state index in [9.17, 15) is 23.1 Å². The zero-order valence-corrected chi connectivity index (χ0v) is 20.7. The number of amides is 2. The summed E-state index contributed by atoms with van der Waals surface area (Å²) in [4.78, 5) is 13.9. The van der Waals surface area contributed by atoms with Crippen LogP contribution in [-0.4, -0.2) is 55.3 Å². The minimum Gasteiger partial charge on any atom is -0.412 e. The lowest BCUT2D eigenvalue weighted by Gasteiger charge is -2.41. The van der Waals surface area contributed by atoms with Crippen LogP contribution in [-0.2, 0) is 4.43 Å². The monoisotopic (exact) mass is 491 g/mol. The van der Waals surface area contributed by atoms with E-state index in [0.29, 0.717) is 5.56 Å². The summed E-state index contributed by atoms with van der Waals surface area (Å²) in [5, 5.41) is 21.7. The third-order valence-electron chi connectivity index (χ3n) is 6.32. The van der Waals surface area contributed by atoms with Crippen molar-refractivity contribution in [1.29, 1.82) is 5.26 Å². The summed E-state index contributed by atoms with van der Waals surface area (Å²) >= 11 is 6.13. The summed E-state index contributed by atoms with van der Waals surface area (Å²) in [6, 6.07) is 2.42. The number of halogens is 4. The molecule has 0 aliphatic carbocycles. The number of aliphatic hydroxyl groups is 1. The molecule has 0 unspecified atom stereocenters. The predicted molar refractivity (Wildman–Crippen MR) is 119 cm³/mol. The van der Waals surface area contributed by atoms with Gasteiger partial charge in [-0.15, -0.1) is 0 Å². The van der Waals surface area contributed by atoms with Crippen molar-refractivity contribution < 1.29 is 27.5 Å². The smallest absolute Gasteiger partial charge is 0.412 e. The first kappa shape index (κ1) is 26.4. The highest BCUT2D eigenvalue weighted by molar-refractivity contribution is 6.74. The molecule has 11 heteroatoms. The molecule has 1 heterocycles. The number of hydrogen-bond donors (Lipinski definition) is 2. The van der Waals surface area contributed by atoms with Gasteiger partial charge in [0, 0.05) is 12.2 Å². The van der Waals surface area contributed by atoms with Crippen molar-refractivity contribution in [2.24, 2.45) is 0 Å². The van der Waals surface area contributed by atoms with Gasteiger partial charge in [0.2, 0.25) is 0 Å². The minimum atomic E-state index is -4.92. The average Bonchev–Trinajstić information content (AvgIpc) is 3.06. The Labute approximate surface area is 192 Å². The number of benzene rings is 1. The molecule has 178 valence electrons. The number of urea groups is 1. The number of hydrogen-bond acceptors (Lipinski definition) is 4. The zero-order valence-electron chi connectivity index (χ0n) is 19.0. The van der Waals surface area contributed by atoms with E-state index in [2.05, 4.69) is 5.32 Å². The number of aliphatic hydroxyl groups excluding tert-OH is 1. The number of nitrogens with zero attached hydrogens (tertiary/aromatic N) is 2. The summed E-state index contributed by atoms with van der Waals surface area (Å²) in [6.45, 7) is 11.3. The molecule has 1 saturated heterocycles. The largest absolute Gasteiger partial charge is 0.416 e. The Morgan fingerprint density at radius 1 is 1.38 bits per heavy atom. The average molecular weight is 492 g/mol. The van der Waals surface area contributed by atoms with Crippen LogP contribution in [0.1, 0.15) is 38.3 Å². The molecule has 1 aliphatic heterocycles. The van der Waals surface area contributed by atoms with Gasteiger partial charge in [-0.25, -0.2) is 4.79 Å². The Balaban J connectivity index is 2.34. The van der Waals surface area contributed by atoms with Crippen LogP contribution in [0, 0.1) is 18.3 Å². The third-order valence-corrected chi connectivity index (χ3v) is 11.3. The second-order valence-electron chi connectivity index (χ2n) is 9.52. The van der Waals surface area contributed by atoms with Gasteiger partial charge < -0.3 is 19.7 Å². The molecule has 1 fully saturated rings. The third kappa shape index (κ3) is 5.39. The van der Waals surface area contributed by atoms with Crippen LogP contribution >= 0.6 is 11.6 Å². The zero-order chi connectivity index (χ0) is 24.6. The number of likely N-dealkylation sites (tertiary alicyclic amines) is 1. The number of carbonyl (C=O) groups is 1. The van der Waals surface area contributed by atoms with E-state index in [1.54, 1.807) is 6.92 Å². The van der Waals surface area contributed by atoms with E-state index in [-0.39, 0.29) is 34.3 Å². The standard InChI is InChI=1S/C21H29ClF3N3O3Si/c1-12-14(8-7-13(11-26)16(12)22)27-19(30)28-10-9-15(17(28)18(29)21(23,24)25)31-32(5,6)20(2,3)4/h7-8,15,17-18,29H,9-10H2,1-6H3,(H,27,30)/t15-,17+,18-/m1/s1. The molecule has 0 radical (unpaired) electrons. The van der Waals surface area contributed by atoms with Gasteiger partial charge in [0.05, 0.1) is 22.7 Å². The van der Waals surface area contributed by atoms with Crippen molar-refractivity contribution in [3.63, 3.8) is 0 Å². The Morgan fingerprint density at radius 3 is 2.47 bits per heavy atom. The number of rotatable bonds is 4. The highest BCUT2D eigenvalue weighted by Crippen LogP contribution is 2.41. The van der Waals surface area contributed by atoms with Gasteiger partial charge in [0.15, 0.2) is 14.4 Å². The van der Waals surface area contributed by atoms with Crippen molar-refractivity contribution in [2.75, 3.05) is 11.9 Å². The fraction of sp³-hybridized carbons (Fsp3) is 0.619. The van der Waals surface area contributed by atoms with Crippen LogP contribution in [0.5, 0.6) is 0 Å². The topological polar surface area (TPSA) is 85.6 Å². The first-order chi connectivity index (χ1) is 14.5. The first-order valence-corrected chi connectivity index (χ1v) is 13.5. The summed E-state index contributed by atoms with van der Waals surface area (Å²) in [7, 11) is -2.47. The molecule has 0 saturated carbocycles. The van der Waals surface area contributed by atoms with Crippen LogP contribution in [0.25, 0.3) is 0 Å².